The lowest BCUT2D eigenvalue weighted by Gasteiger charge is -2.09. The monoisotopic (exact) mass is 135 g/mol. The molecule has 0 radical (unpaired) electrons. The molecule has 0 saturated heterocycles. The third kappa shape index (κ3) is 0.632. The molecule has 1 N–H and O–H groups in total. The maximum absolute atomic E-state index is 10.9. The van der Waals surface area contributed by atoms with Crippen LogP contribution in [0.1, 0.15) is 0 Å². The average molecular weight is 135 g/mol. The summed E-state index contributed by atoms with van der Waals surface area (Å²) in [6.07, 6.45) is 4.48. The van der Waals surface area contributed by atoms with E-state index < -0.39 is 0 Å². The van der Waals surface area contributed by atoms with Gasteiger partial charge in [-0.2, -0.15) is 4.99 Å². The Labute approximate surface area is 57.4 Å². The van der Waals surface area contributed by atoms with Crippen LogP contribution in [-0.4, -0.2) is 11.3 Å². The van der Waals surface area contributed by atoms with Crippen LogP contribution in [0.25, 0.3) is 0 Å². The average Bonchev–Trinajstić information content (AvgIpc) is 2.34. The zero-order valence-electron chi connectivity index (χ0n) is 5.11. The largest absolute Gasteiger partial charge is 0.623 e. The van der Waals surface area contributed by atoms with Gasteiger partial charge in [0.25, 0.3) is 0 Å². The Bertz CT molecular complexity index is 284. The quantitative estimate of drug-likeness (QED) is 0.499. The van der Waals surface area contributed by atoms with Crippen molar-refractivity contribution in [2.24, 2.45) is 4.99 Å². The van der Waals surface area contributed by atoms with Crippen LogP contribution in [0.4, 0.5) is 11.4 Å². The molecular weight excluding hydrogens is 130 g/mol. The van der Waals surface area contributed by atoms with E-state index in [1.54, 1.807) is 18.5 Å². The molecular formula is C6H5N3O. The highest BCUT2D eigenvalue weighted by molar-refractivity contribution is 5.70. The van der Waals surface area contributed by atoms with E-state index in [0.29, 0.717) is 11.4 Å². The number of aromatic nitrogens is 1. The van der Waals surface area contributed by atoms with Crippen molar-refractivity contribution in [2.45, 2.75) is 0 Å². The normalized spacial score (nSPS) is 21.1. The van der Waals surface area contributed by atoms with Gasteiger partial charge in [-0.3, -0.25) is 10.0 Å². The second kappa shape index (κ2) is 1.86. The molecule has 1 aromatic rings. The van der Waals surface area contributed by atoms with E-state index in [4.69, 9.17) is 0 Å². The molecule has 10 heavy (non-hydrogen) atoms. The Morgan fingerprint density at radius 3 is 3.20 bits per heavy atom. The van der Waals surface area contributed by atoms with Gasteiger partial charge in [-0.25, -0.2) is 0 Å². The number of aliphatic imine (C=N–C) groups is 1. The molecule has 1 aliphatic heterocycles. The lowest BCUT2D eigenvalue weighted by Crippen LogP contribution is -2.99. The third-order valence-electron chi connectivity index (χ3n) is 1.39. The number of hydrogen-bond donors (Lipinski definition) is 1. The zero-order chi connectivity index (χ0) is 6.97. The molecule has 4 nitrogen and oxygen atoms in total. The van der Waals surface area contributed by atoms with E-state index >= 15 is 0 Å². The molecule has 4 heteroatoms. The summed E-state index contributed by atoms with van der Waals surface area (Å²) >= 11 is 0. The highest BCUT2D eigenvalue weighted by atomic mass is 16.5. The highest BCUT2D eigenvalue weighted by Gasteiger charge is 2.12. The molecule has 2 rings (SSSR count). The molecule has 1 atom stereocenters. The topological polar surface area (TPSA) is 52.8 Å². The summed E-state index contributed by atoms with van der Waals surface area (Å²) < 4.78 is 0. The molecule has 0 spiro atoms. The van der Waals surface area contributed by atoms with Crippen LogP contribution in [0, 0.1) is 5.21 Å². The van der Waals surface area contributed by atoms with Gasteiger partial charge in [0.05, 0.1) is 6.20 Å². The molecule has 0 aliphatic carbocycles. The molecule has 0 amide bonds. The lowest BCUT2D eigenvalue weighted by atomic mass is 10.4. The second-order valence-electron chi connectivity index (χ2n) is 2.02. The van der Waals surface area contributed by atoms with E-state index in [9.17, 15) is 5.21 Å². The smallest absolute Gasteiger partial charge is 0.194 e. The van der Waals surface area contributed by atoms with E-state index in [0.717, 1.165) is 0 Å². The Morgan fingerprint density at radius 1 is 1.50 bits per heavy atom. The molecule has 1 unspecified atom stereocenters. The predicted molar refractivity (Wildman–Crippen MR) is 36.4 cm³/mol. The first-order chi connectivity index (χ1) is 4.88. The number of pyridine rings is 1. The minimum Gasteiger partial charge on any atom is -0.623 e. The summed E-state index contributed by atoms with van der Waals surface area (Å²) in [6, 6.07) is 1.67. The molecule has 0 bridgehead atoms. The van der Waals surface area contributed by atoms with Crippen LogP contribution in [0.3, 0.4) is 0 Å². The van der Waals surface area contributed by atoms with Crippen molar-refractivity contribution in [3.63, 3.8) is 0 Å². The fourth-order valence-electron chi connectivity index (χ4n) is 0.895. The summed E-state index contributed by atoms with van der Waals surface area (Å²) in [7, 11) is 0. The van der Waals surface area contributed by atoms with E-state index in [1.807, 2.05) is 0 Å². The number of hydrogen-bond acceptors (Lipinski definition) is 3. The summed E-state index contributed by atoms with van der Waals surface area (Å²) in [4.78, 5) is 7.67. The fraction of sp³-hybridized carbons (Fsp3) is 0. The van der Waals surface area contributed by atoms with Crippen molar-refractivity contribution in [3.8, 4) is 0 Å². The minimum atomic E-state index is -0.0302. The van der Waals surface area contributed by atoms with Crippen LogP contribution in [0.15, 0.2) is 23.5 Å². The van der Waals surface area contributed by atoms with Crippen molar-refractivity contribution < 1.29 is 5.06 Å². The van der Waals surface area contributed by atoms with Gasteiger partial charge in [0, 0.05) is 12.3 Å². The van der Waals surface area contributed by atoms with Gasteiger partial charge in [-0.15, -0.1) is 0 Å². The van der Waals surface area contributed by atoms with E-state index in [2.05, 4.69) is 9.98 Å². The minimum absolute atomic E-state index is 0.0302. The molecule has 0 saturated carbocycles. The third-order valence-corrected chi connectivity index (χ3v) is 1.39. The SMILES string of the molecule is [O-][NH+]1C=Nc2cnccc21. The van der Waals surface area contributed by atoms with Gasteiger partial charge in [0.2, 0.25) is 0 Å². The van der Waals surface area contributed by atoms with Crippen LogP contribution in [0.5, 0.6) is 0 Å². The fourth-order valence-corrected chi connectivity index (χ4v) is 0.895. The number of hydroxylamine groups is 1. The van der Waals surface area contributed by atoms with Gasteiger partial charge in [-0.1, -0.05) is 0 Å². The second-order valence-corrected chi connectivity index (χ2v) is 2.02. The number of quaternary nitrogens is 1. The van der Waals surface area contributed by atoms with Crippen molar-refractivity contribution in [1.29, 1.82) is 0 Å². The van der Waals surface area contributed by atoms with E-state index in [-0.39, 0.29) is 5.06 Å². The Hall–Kier alpha value is -1.26. The predicted octanol–water partition coefficient (Wildman–Crippen LogP) is -0.231. The van der Waals surface area contributed by atoms with Gasteiger partial charge in [0.1, 0.15) is 5.69 Å². The standard InChI is InChI=1S/C6H5N3O/c10-9-4-8-5-3-7-2-1-6(5)9/h1-4,9H. The first-order valence-corrected chi connectivity index (χ1v) is 2.90. The molecule has 0 fully saturated rings. The Balaban J connectivity index is 2.59. The number of fused-ring (bicyclic) bond motifs is 1. The molecule has 1 aromatic heterocycles. The summed E-state index contributed by atoms with van der Waals surface area (Å²) in [6.45, 7) is 0. The summed E-state index contributed by atoms with van der Waals surface area (Å²) in [5.41, 5.74) is 1.32. The van der Waals surface area contributed by atoms with Crippen LogP contribution in [-0.2, 0) is 0 Å². The lowest BCUT2D eigenvalue weighted by molar-refractivity contribution is -0.655. The van der Waals surface area contributed by atoms with Crippen molar-refractivity contribution in [3.05, 3.63) is 23.7 Å². The van der Waals surface area contributed by atoms with Gasteiger partial charge >= 0.3 is 0 Å². The van der Waals surface area contributed by atoms with Gasteiger partial charge in [0.15, 0.2) is 12.0 Å². The first-order valence-electron chi connectivity index (χ1n) is 2.90. The summed E-state index contributed by atoms with van der Waals surface area (Å²) in [5, 5.41) is 10.9. The van der Waals surface area contributed by atoms with Crippen LogP contribution >= 0.6 is 0 Å². The Morgan fingerprint density at radius 2 is 2.40 bits per heavy atom. The molecule has 0 aromatic carbocycles. The maximum atomic E-state index is 10.9. The number of nitrogens with one attached hydrogen (secondary N) is 1. The summed E-state index contributed by atoms with van der Waals surface area (Å²) in [5.74, 6) is 0. The first kappa shape index (κ1) is 5.52. The van der Waals surface area contributed by atoms with E-state index in [1.165, 1.54) is 6.34 Å². The van der Waals surface area contributed by atoms with Crippen molar-refractivity contribution in [1.82, 2.24) is 4.98 Å². The Kier molecular flexibility index (Phi) is 1.03. The highest BCUT2D eigenvalue weighted by Crippen LogP contribution is 2.20. The van der Waals surface area contributed by atoms with Gasteiger partial charge < -0.3 is 5.21 Å². The number of nitrogens with zero attached hydrogens (tertiary/aromatic N) is 2. The zero-order valence-corrected chi connectivity index (χ0v) is 5.11. The van der Waals surface area contributed by atoms with Crippen molar-refractivity contribution >= 4 is 17.7 Å². The molecule has 50 valence electrons. The molecule has 2 heterocycles. The molecule has 1 aliphatic rings. The maximum Gasteiger partial charge on any atom is 0.194 e. The van der Waals surface area contributed by atoms with Gasteiger partial charge in [-0.05, 0) is 0 Å². The number of rotatable bonds is 0. The van der Waals surface area contributed by atoms with Crippen molar-refractivity contribution in [2.75, 3.05) is 0 Å². The van der Waals surface area contributed by atoms with Crippen LogP contribution < -0.4 is 5.06 Å². The van der Waals surface area contributed by atoms with Crippen LogP contribution in [0.2, 0.25) is 0 Å².